The molecule has 122 valence electrons. The molecule has 3 heterocycles. The quantitative estimate of drug-likeness (QED) is 0.897. The normalized spacial score (nSPS) is 19.5. The lowest BCUT2D eigenvalue weighted by atomic mass is 9.89. The molecule has 0 aliphatic carbocycles. The number of H-pyrrole nitrogens is 1. The van der Waals surface area contributed by atoms with Gasteiger partial charge in [-0.3, -0.25) is 9.89 Å². The number of aromatic amines is 1. The Kier molecular flexibility index (Phi) is 4.81. The van der Waals surface area contributed by atoms with Crippen LogP contribution >= 0.6 is 0 Å². The number of fused-ring (bicyclic) bond motifs is 1. The van der Waals surface area contributed by atoms with Gasteiger partial charge in [0.2, 0.25) is 0 Å². The van der Waals surface area contributed by atoms with Crippen LogP contribution in [-0.4, -0.2) is 40.6 Å². The number of hydrogen-bond donors (Lipinski definition) is 2. The molecule has 0 radical (unpaired) electrons. The molecule has 2 aliphatic heterocycles. The summed E-state index contributed by atoms with van der Waals surface area (Å²) in [6, 6.07) is 0. The van der Waals surface area contributed by atoms with Crippen molar-refractivity contribution in [3.8, 4) is 0 Å². The number of likely N-dealkylation sites (tertiary alicyclic amines) is 1. The first kappa shape index (κ1) is 15.5. The van der Waals surface area contributed by atoms with E-state index in [2.05, 4.69) is 29.4 Å². The predicted molar refractivity (Wildman–Crippen MR) is 86.7 cm³/mol. The van der Waals surface area contributed by atoms with Crippen molar-refractivity contribution in [1.82, 2.24) is 20.4 Å². The average molecular weight is 304 g/mol. The van der Waals surface area contributed by atoms with Crippen molar-refractivity contribution in [3.05, 3.63) is 17.0 Å². The fraction of sp³-hybridized carbons (Fsp3) is 0.765. The van der Waals surface area contributed by atoms with Crippen LogP contribution in [0.2, 0.25) is 0 Å². The molecule has 3 rings (SSSR count). The van der Waals surface area contributed by atoms with E-state index in [1.807, 2.05) is 4.90 Å². The molecule has 5 heteroatoms. The topological polar surface area (TPSA) is 61.0 Å². The molecular formula is C17H28N4O. The summed E-state index contributed by atoms with van der Waals surface area (Å²) >= 11 is 0. The maximum Gasteiger partial charge on any atom is 0.274 e. The van der Waals surface area contributed by atoms with Crippen molar-refractivity contribution in [2.75, 3.05) is 19.6 Å². The van der Waals surface area contributed by atoms with Crippen LogP contribution in [0.1, 0.15) is 61.3 Å². The molecular weight excluding hydrogens is 276 g/mol. The van der Waals surface area contributed by atoms with Crippen molar-refractivity contribution >= 4 is 5.91 Å². The average Bonchev–Trinajstić information content (AvgIpc) is 2.97. The maximum atomic E-state index is 12.7. The highest BCUT2D eigenvalue weighted by atomic mass is 16.2. The molecule has 1 fully saturated rings. The van der Waals surface area contributed by atoms with E-state index in [1.165, 1.54) is 12.8 Å². The summed E-state index contributed by atoms with van der Waals surface area (Å²) in [7, 11) is 0. The second kappa shape index (κ2) is 6.82. The molecule has 2 aliphatic rings. The van der Waals surface area contributed by atoms with Crippen LogP contribution in [0.25, 0.3) is 0 Å². The van der Waals surface area contributed by atoms with E-state index in [-0.39, 0.29) is 5.91 Å². The molecule has 2 N–H and O–H groups in total. The van der Waals surface area contributed by atoms with Gasteiger partial charge in [0.05, 0.1) is 0 Å². The molecule has 5 nitrogen and oxygen atoms in total. The van der Waals surface area contributed by atoms with Gasteiger partial charge in [-0.15, -0.1) is 0 Å². The summed E-state index contributed by atoms with van der Waals surface area (Å²) in [6.45, 7) is 8.07. The van der Waals surface area contributed by atoms with E-state index in [0.29, 0.717) is 5.69 Å². The largest absolute Gasteiger partial charge is 0.337 e. The first-order chi connectivity index (χ1) is 10.6. The van der Waals surface area contributed by atoms with E-state index in [9.17, 15) is 4.79 Å². The lowest BCUT2D eigenvalue weighted by Gasteiger charge is -2.32. The van der Waals surface area contributed by atoms with E-state index in [0.717, 1.165) is 68.5 Å². The van der Waals surface area contributed by atoms with Gasteiger partial charge >= 0.3 is 0 Å². The highest BCUT2D eigenvalue weighted by Gasteiger charge is 2.28. The lowest BCUT2D eigenvalue weighted by molar-refractivity contribution is 0.0677. The molecule has 0 unspecified atom stereocenters. The van der Waals surface area contributed by atoms with Crippen LogP contribution in [0.15, 0.2) is 0 Å². The van der Waals surface area contributed by atoms with Crippen molar-refractivity contribution in [1.29, 1.82) is 0 Å². The molecule has 22 heavy (non-hydrogen) atoms. The van der Waals surface area contributed by atoms with Gasteiger partial charge in [-0.1, -0.05) is 26.7 Å². The SMILES string of the molecule is CC(C)CCC1CCN(C(=O)c2n[nH]c3c2CNCC3)CC1. The first-order valence-electron chi connectivity index (χ1n) is 8.71. The van der Waals surface area contributed by atoms with Crippen LogP contribution < -0.4 is 5.32 Å². The monoisotopic (exact) mass is 304 g/mol. The molecule has 0 spiro atoms. The number of piperidine rings is 1. The van der Waals surface area contributed by atoms with E-state index >= 15 is 0 Å². The highest BCUT2D eigenvalue weighted by molar-refractivity contribution is 5.94. The number of nitrogens with one attached hydrogen (secondary N) is 2. The van der Waals surface area contributed by atoms with Gasteiger partial charge in [0, 0.05) is 43.9 Å². The fourth-order valence-corrected chi connectivity index (χ4v) is 3.55. The first-order valence-corrected chi connectivity index (χ1v) is 8.71. The Hall–Kier alpha value is -1.36. The molecule has 1 amide bonds. The Morgan fingerprint density at radius 3 is 2.86 bits per heavy atom. The maximum absolute atomic E-state index is 12.7. The number of carbonyl (C=O) groups excluding carboxylic acids is 1. The standard InChI is InChI=1S/C17H28N4O/c1-12(2)3-4-13-6-9-21(10-7-13)17(22)16-14-11-18-8-5-15(14)19-20-16/h12-13,18H,3-11H2,1-2H3,(H,19,20). The van der Waals surface area contributed by atoms with Crippen LogP contribution in [0, 0.1) is 11.8 Å². The third kappa shape index (κ3) is 3.35. The minimum absolute atomic E-state index is 0.114. The Labute approximate surface area is 132 Å². The van der Waals surface area contributed by atoms with Gasteiger partial charge in [-0.25, -0.2) is 0 Å². The Balaban J connectivity index is 1.57. The van der Waals surface area contributed by atoms with Crippen LogP contribution in [0.5, 0.6) is 0 Å². The number of carbonyl (C=O) groups is 1. The van der Waals surface area contributed by atoms with Gasteiger partial charge in [0.15, 0.2) is 5.69 Å². The van der Waals surface area contributed by atoms with E-state index in [1.54, 1.807) is 0 Å². The fourth-order valence-electron chi connectivity index (χ4n) is 3.55. The number of amides is 1. The molecule has 1 saturated heterocycles. The summed E-state index contributed by atoms with van der Waals surface area (Å²) in [4.78, 5) is 14.7. The summed E-state index contributed by atoms with van der Waals surface area (Å²) in [5, 5.41) is 10.7. The third-order valence-electron chi connectivity index (χ3n) is 5.06. The number of hydrogen-bond acceptors (Lipinski definition) is 3. The van der Waals surface area contributed by atoms with Gasteiger partial charge in [-0.2, -0.15) is 5.10 Å². The third-order valence-corrected chi connectivity index (χ3v) is 5.06. The van der Waals surface area contributed by atoms with E-state index in [4.69, 9.17) is 0 Å². The lowest BCUT2D eigenvalue weighted by Crippen LogP contribution is -2.39. The zero-order chi connectivity index (χ0) is 15.5. The smallest absolute Gasteiger partial charge is 0.274 e. The van der Waals surface area contributed by atoms with Gasteiger partial charge in [0.25, 0.3) is 5.91 Å². The zero-order valence-corrected chi connectivity index (χ0v) is 13.8. The van der Waals surface area contributed by atoms with Gasteiger partial charge in [0.1, 0.15) is 0 Å². The summed E-state index contributed by atoms with van der Waals surface area (Å²) in [6.07, 6.45) is 5.83. The van der Waals surface area contributed by atoms with Gasteiger partial charge in [-0.05, 0) is 24.7 Å². The number of rotatable bonds is 4. The van der Waals surface area contributed by atoms with Crippen LogP contribution in [-0.2, 0) is 13.0 Å². The van der Waals surface area contributed by atoms with Crippen molar-refractivity contribution in [3.63, 3.8) is 0 Å². The summed E-state index contributed by atoms with van der Waals surface area (Å²) in [5.74, 6) is 1.69. The highest BCUT2D eigenvalue weighted by Crippen LogP contribution is 2.25. The number of aromatic nitrogens is 2. The Morgan fingerprint density at radius 2 is 2.14 bits per heavy atom. The van der Waals surface area contributed by atoms with Crippen molar-refractivity contribution in [2.45, 2.75) is 52.5 Å². The number of nitrogens with zero attached hydrogens (tertiary/aromatic N) is 2. The molecule has 0 aromatic carbocycles. The molecule has 0 atom stereocenters. The van der Waals surface area contributed by atoms with Crippen molar-refractivity contribution < 1.29 is 4.79 Å². The zero-order valence-electron chi connectivity index (χ0n) is 13.8. The van der Waals surface area contributed by atoms with Crippen LogP contribution in [0.4, 0.5) is 0 Å². The Morgan fingerprint density at radius 1 is 1.36 bits per heavy atom. The van der Waals surface area contributed by atoms with Crippen molar-refractivity contribution in [2.24, 2.45) is 11.8 Å². The van der Waals surface area contributed by atoms with Crippen LogP contribution in [0.3, 0.4) is 0 Å². The summed E-state index contributed by atoms with van der Waals surface area (Å²) < 4.78 is 0. The second-order valence-corrected chi connectivity index (χ2v) is 7.16. The van der Waals surface area contributed by atoms with Gasteiger partial charge < -0.3 is 10.2 Å². The summed E-state index contributed by atoms with van der Waals surface area (Å²) in [5.41, 5.74) is 2.86. The predicted octanol–water partition coefficient (Wildman–Crippen LogP) is 2.34. The molecule has 0 bridgehead atoms. The molecule has 1 aromatic rings. The molecule has 0 saturated carbocycles. The minimum atomic E-state index is 0.114. The Bertz CT molecular complexity index is 515. The molecule has 1 aromatic heterocycles. The minimum Gasteiger partial charge on any atom is -0.337 e. The van der Waals surface area contributed by atoms with E-state index < -0.39 is 0 Å². The second-order valence-electron chi connectivity index (χ2n) is 7.16.